The maximum Gasteiger partial charge on any atom is 0.306 e. The van der Waals surface area contributed by atoms with Gasteiger partial charge in [-0.2, -0.15) is 0 Å². The van der Waals surface area contributed by atoms with Crippen molar-refractivity contribution < 1.29 is 28.6 Å². The Bertz CT molecular complexity index is 1150. The maximum atomic E-state index is 12.8. The second kappa shape index (κ2) is 55.0. The van der Waals surface area contributed by atoms with Crippen molar-refractivity contribution >= 4 is 17.9 Å². The number of unbranched alkanes of at least 4 members (excludes halogenated alkanes) is 33. The molecule has 6 nitrogen and oxygen atoms in total. The molecule has 0 N–H and O–H groups in total. The summed E-state index contributed by atoms with van der Waals surface area (Å²) in [6.45, 7) is 6.48. The number of esters is 3. The standard InChI is InChI=1S/C60H108O6/c1-4-7-10-13-16-19-22-24-25-26-27-28-29-30-31-32-33-34-36-38-41-44-47-50-53-59(62)65-56-57(55-64-58(61)52-49-46-43-40-37-21-18-15-12-9-6-3)66-60(63)54-51-48-45-42-39-35-23-20-17-14-11-8-5-2/h8,11,15,17-18,20,35,39,57H,4-7,9-10,12-14,16,19,21-34,36-38,40-56H2,1-3H3/b11-8-,18-15-,20-17-,39-35-. The molecule has 0 aromatic rings. The molecule has 384 valence electrons. The predicted molar refractivity (Wildman–Crippen MR) is 284 cm³/mol. The summed E-state index contributed by atoms with van der Waals surface area (Å²) in [6.07, 6.45) is 67.0. The third-order valence-electron chi connectivity index (χ3n) is 12.6. The summed E-state index contributed by atoms with van der Waals surface area (Å²) in [5, 5.41) is 0. The van der Waals surface area contributed by atoms with Gasteiger partial charge in [0.25, 0.3) is 0 Å². The zero-order chi connectivity index (χ0) is 47.9. The van der Waals surface area contributed by atoms with Gasteiger partial charge in [-0.3, -0.25) is 14.4 Å². The van der Waals surface area contributed by atoms with E-state index >= 15 is 0 Å². The van der Waals surface area contributed by atoms with Gasteiger partial charge in [-0.15, -0.1) is 0 Å². The van der Waals surface area contributed by atoms with Crippen LogP contribution in [-0.2, 0) is 28.6 Å². The Kier molecular flexibility index (Phi) is 52.8. The molecule has 0 aromatic heterocycles. The average Bonchev–Trinajstić information content (AvgIpc) is 3.31. The summed E-state index contributed by atoms with van der Waals surface area (Å²) in [7, 11) is 0. The van der Waals surface area contributed by atoms with Crippen LogP contribution in [0, 0.1) is 0 Å². The van der Waals surface area contributed by atoms with Gasteiger partial charge >= 0.3 is 17.9 Å². The minimum Gasteiger partial charge on any atom is -0.462 e. The van der Waals surface area contributed by atoms with E-state index in [1.807, 2.05) is 0 Å². The molecule has 0 saturated carbocycles. The van der Waals surface area contributed by atoms with Gasteiger partial charge < -0.3 is 14.2 Å². The lowest BCUT2D eigenvalue weighted by molar-refractivity contribution is -0.167. The topological polar surface area (TPSA) is 78.9 Å². The second-order valence-electron chi connectivity index (χ2n) is 19.2. The molecule has 0 spiro atoms. The SMILES string of the molecule is CC/C=C\C/C=C\C/C=C\CCCCCC(=O)OC(COC(=O)CCCCCCC/C=C\CCCC)COC(=O)CCCCCCCCCCCCCCCCCCCCCCCCCC. The first-order chi connectivity index (χ1) is 32.5. The van der Waals surface area contributed by atoms with Gasteiger partial charge in [-0.05, 0) is 70.6 Å². The molecule has 0 rings (SSSR count). The molecule has 0 fully saturated rings. The number of hydrogen-bond acceptors (Lipinski definition) is 6. The number of carbonyl (C=O) groups excluding carboxylic acids is 3. The van der Waals surface area contributed by atoms with Crippen LogP contribution in [-0.4, -0.2) is 37.2 Å². The van der Waals surface area contributed by atoms with Crippen molar-refractivity contribution in [1.82, 2.24) is 0 Å². The Morgan fingerprint density at radius 1 is 0.318 bits per heavy atom. The van der Waals surface area contributed by atoms with Gasteiger partial charge in [0.05, 0.1) is 0 Å². The Balaban J connectivity index is 4.21. The van der Waals surface area contributed by atoms with Gasteiger partial charge in [0.1, 0.15) is 13.2 Å². The van der Waals surface area contributed by atoms with Crippen molar-refractivity contribution in [3.8, 4) is 0 Å². The molecule has 1 atom stereocenters. The first kappa shape index (κ1) is 63.4. The second-order valence-corrected chi connectivity index (χ2v) is 19.2. The first-order valence-electron chi connectivity index (χ1n) is 28.6. The summed E-state index contributed by atoms with van der Waals surface area (Å²) < 4.78 is 16.8. The number of rotatable bonds is 52. The van der Waals surface area contributed by atoms with Gasteiger partial charge in [-0.1, -0.05) is 256 Å². The third-order valence-corrected chi connectivity index (χ3v) is 12.6. The lowest BCUT2D eigenvalue weighted by Gasteiger charge is -2.18. The van der Waals surface area contributed by atoms with E-state index in [1.54, 1.807) is 0 Å². The van der Waals surface area contributed by atoms with Crippen LogP contribution in [0.15, 0.2) is 48.6 Å². The molecule has 0 bridgehead atoms. The number of ether oxygens (including phenoxy) is 3. The Hall–Kier alpha value is -2.63. The molecule has 0 amide bonds. The summed E-state index contributed by atoms with van der Waals surface area (Å²) in [6, 6.07) is 0. The highest BCUT2D eigenvalue weighted by Gasteiger charge is 2.19. The largest absolute Gasteiger partial charge is 0.462 e. The van der Waals surface area contributed by atoms with Crippen LogP contribution in [0.4, 0.5) is 0 Å². The van der Waals surface area contributed by atoms with Crippen molar-refractivity contribution in [2.75, 3.05) is 13.2 Å². The Morgan fingerprint density at radius 3 is 1.00 bits per heavy atom. The summed E-state index contributed by atoms with van der Waals surface area (Å²) in [5.41, 5.74) is 0. The van der Waals surface area contributed by atoms with E-state index in [-0.39, 0.29) is 31.1 Å². The van der Waals surface area contributed by atoms with Gasteiger partial charge in [0, 0.05) is 19.3 Å². The minimum atomic E-state index is -0.788. The molecule has 0 heterocycles. The monoisotopic (exact) mass is 925 g/mol. The smallest absolute Gasteiger partial charge is 0.306 e. The fraction of sp³-hybridized carbons (Fsp3) is 0.817. The lowest BCUT2D eigenvalue weighted by atomic mass is 10.0. The van der Waals surface area contributed by atoms with Crippen LogP contribution in [0.5, 0.6) is 0 Å². The van der Waals surface area contributed by atoms with Gasteiger partial charge in [-0.25, -0.2) is 0 Å². The van der Waals surface area contributed by atoms with E-state index in [0.717, 1.165) is 89.9 Å². The fourth-order valence-corrected chi connectivity index (χ4v) is 8.26. The molecule has 6 heteroatoms. The summed E-state index contributed by atoms with van der Waals surface area (Å²) in [5.74, 6) is -0.914. The van der Waals surface area contributed by atoms with Crippen LogP contribution >= 0.6 is 0 Å². The fourth-order valence-electron chi connectivity index (χ4n) is 8.26. The van der Waals surface area contributed by atoms with Crippen LogP contribution < -0.4 is 0 Å². The highest BCUT2D eigenvalue weighted by atomic mass is 16.6. The van der Waals surface area contributed by atoms with Gasteiger partial charge in [0.15, 0.2) is 6.10 Å². The van der Waals surface area contributed by atoms with E-state index in [9.17, 15) is 14.4 Å². The van der Waals surface area contributed by atoms with Crippen molar-refractivity contribution in [2.45, 2.75) is 303 Å². The molecule has 1 unspecified atom stereocenters. The molecular weight excluding hydrogens is 817 g/mol. The number of carbonyl (C=O) groups is 3. The van der Waals surface area contributed by atoms with Gasteiger partial charge in [0.2, 0.25) is 0 Å². The maximum absolute atomic E-state index is 12.8. The molecule has 0 aliphatic rings. The average molecular weight is 926 g/mol. The minimum absolute atomic E-state index is 0.0850. The van der Waals surface area contributed by atoms with Crippen LogP contribution in [0.3, 0.4) is 0 Å². The van der Waals surface area contributed by atoms with Crippen LogP contribution in [0.1, 0.15) is 297 Å². The van der Waals surface area contributed by atoms with Crippen molar-refractivity contribution in [2.24, 2.45) is 0 Å². The van der Waals surface area contributed by atoms with Crippen molar-refractivity contribution in [3.63, 3.8) is 0 Å². The van der Waals surface area contributed by atoms with Crippen LogP contribution in [0.2, 0.25) is 0 Å². The highest BCUT2D eigenvalue weighted by Crippen LogP contribution is 2.17. The van der Waals surface area contributed by atoms with E-state index in [1.165, 1.54) is 167 Å². The van der Waals surface area contributed by atoms with E-state index in [4.69, 9.17) is 14.2 Å². The summed E-state index contributed by atoms with van der Waals surface area (Å²) >= 11 is 0. The number of hydrogen-bond donors (Lipinski definition) is 0. The van der Waals surface area contributed by atoms with Crippen molar-refractivity contribution in [3.05, 3.63) is 48.6 Å². The van der Waals surface area contributed by atoms with E-state index in [2.05, 4.69) is 69.4 Å². The van der Waals surface area contributed by atoms with E-state index in [0.29, 0.717) is 19.3 Å². The molecule has 0 aliphatic carbocycles. The first-order valence-corrected chi connectivity index (χ1v) is 28.6. The molecular formula is C60H108O6. The zero-order valence-corrected chi connectivity index (χ0v) is 44.0. The molecule has 0 radical (unpaired) electrons. The predicted octanol–water partition coefficient (Wildman–Crippen LogP) is 19.0. The van der Waals surface area contributed by atoms with Crippen molar-refractivity contribution in [1.29, 1.82) is 0 Å². The Labute approximate surface area is 409 Å². The molecule has 0 aliphatic heterocycles. The molecule has 0 aromatic carbocycles. The normalized spacial score (nSPS) is 12.3. The Morgan fingerprint density at radius 2 is 0.606 bits per heavy atom. The molecule has 66 heavy (non-hydrogen) atoms. The third kappa shape index (κ3) is 52.3. The van der Waals surface area contributed by atoms with E-state index < -0.39 is 6.10 Å². The lowest BCUT2D eigenvalue weighted by Crippen LogP contribution is -2.30. The number of allylic oxidation sites excluding steroid dienone is 8. The molecule has 0 saturated heterocycles. The summed E-state index contributed by atoms with van der Waals surface area (Å²) in [4.78, 5) is 38.0. The zero-order valence-electron chi connectivity index (χ0n) is 44.0. The quantitative estimate of drug-likeness (QED) is 0.0262. The highest BCUT2D eigenvalue weighted by molar-refractivity contribution is 5.71. The van der Waals surface area contributed by atoms with Crippen LogP contribution in [0.25, 0.3) is 0 Å².